The Balaban J connectivity index is 2.72. The molecule has 0 radical (unpaired) electrons. The van der Waals surface area contributed by atoms with Gasteiger partial charge in [0.2, 0.25) is 5.91 Å². The van der Waals surface area contributed by atoms with Crippen molar-refractivity contribution in [3.05, 3.63) is 11.4 Å². The van der Waals surface area contributed by atoms with E-state index in [1.165, 1.54) is 0 Å². The Hall–Kier alpha value is -1.43. The minimum absolute atomic E-state index is 0.152. The summed E-state index contributed by atoms with van der Waals surface area (Å²) in [5.41, 5.74) is 6.89. The fourth-order valence-electron chi connectivity index (χ4n) is 1.90. The molecule has 0 aliphatic rings. The molecule has 0 saturated heterocycles. The number of nitrogens with two attached hydrogens (primary N) is 1. The van der Waals surface area contributed by atoms with Gasteiger partial charge in [0, 0.05) is 19.8 Å². The van der Waals surface area contributed by atoms with Crippen molar-refractivity contribution in [1.82, 2.24) is 15.0 Å². The van der Waals surface area contributed by atoms with E-state index in [2.05, 4.69) is 24.2 Å². The Morgan fingerprint density at radius 1 is 1.50 bits per heavy atom. The highest BCUT2D eigenvalue weighted by Crippen LogP contribution is 2.18. The first-order valence-corrected chi connectivity index (χ1v) is 6.34. The van der Waals surface area contributed by atoms with Crippen LogP contribution in [0.25, 0.3) is 0 Å². The van der Waals surface area contributed by atoms with Crippen molar-refractivity contribution in [1.29, 1.82) is 0 Å². The lowest BCUT2D eigenvalue weighted by molar-refractivity contribution is -0.117. The molecule has 0 aliphatic carbocycles. The van der Waals surface area contributed by atoms with Crippen LogP contribution >= 0.6 is 0 Å². The summed E-state index contributed by atoms with van der Waals surface area (Å²) in [6, 6.07) is 0. The number of carbonyl (C=O) groups excluding carboxylic acids is 1. The van der Waals surface area contributed by atoms with E-state index in [0.29, 0.717) is 12.3 Å². The van der Waals surface area contributed by atoms with Gasteiger partial charge in [-0.15, -0.1) is 5.10 Å². The van der Waals surface area contributed by atoms with Crippen molar-refractivity contribution in [2.75, 3.05) is 13.2 Å². The van der Waals surface area contributed by atoms with E-state index in [-0.39, 0.29) is 18.2 Å². The van der Waals surface area contributed by atoms with Gasteiger partial charge in [-0.1, -0.05) is 19.1 Å². The second-order valence-corrected chi connectivity index (χ2v) is 4.49. The molecule has 0 unspecified atom stereocenters. The first-order valence-electron chi connectivity index (χ1n) is 6.34. The van der Waals surface area contributed by atoms with Crippen LogP contribution in [-0.2, 0) is 22.5 Å². The maximum atomic E-state index is 11.0. The zero-order valence-corrected chi connectivity index (χ0v) is 11.3. The Bertz CT molecular complexity index is 387. The molecule has 18 heavy (non-hydrogen) atoms. The molecule has 1 aromatic rings. The monoisotopic (exact) mass is 254 g/mol. The molecule has 0 bridgehead atoms. The highest BCUT2D eigenvalue weighted by atomic mass is 16.5. The molecule has 0 spiro atoms. The minimum Gasteiger partial charge on any atom is -0.382 e. The molecular formula is C12H22N4O2. The molecule has 0 aliphatic heterocycles. The van der Waals surface area contributed by atoms with Crippen molar-refractivity contribution in [2.45, 2.75) is 46.1 Å². The number of nitrogens with zero attached hydrogens (tertiary/aromatic N) is 3. The summed E-state index contributed by atoms with van der Waals surface area (Å²) in [6.45, 7) is 8.27. The number of aryl methyl sites for hydroxylation is 1. The number of hydrogen-bond acceptors (Lipinski definition) is 4. The van der Waals surface area contributed by atoms with E-state index >= 15 is 0 Å². The lowest BCUT2D eigenvalue weighted by atomic mass is 10.1. The van der Waals surface area contributed by atoms with Gasteiger partial charge in [-0.05, 0) is 19.3 Å². The Morgan fingerprint density at radius 3 is 2.78 bits per heavy atom. The average molecular weight is 254 g/mol. The van der Waals surface area contributed by atoms with Crippen molar-refractivity contribution in [2.24, 2.45) is 5.73 Å². The third-order valence-corrected chi connectivity index (χ3v) is 2.60. The van der Waals surface area contributed by atoms with E-state index in [1.807, 2.05) is 11.6 Å². The van der Waals surface area contributed by atoms with Crippen LogP contribution in [0.1, 0.15) is 44.5 Å². The molecule has 0 atom stereocenters. The standard InChI is InChI=1S/C12H22N4O2/c1-4-18-7-5-6-16-12(9(2)3)10(14-15-16)8-11(13)17/h9H,4-8H2,1-3H3,(H2,13,17). The molecule has 6 nitrogen and oxygen atoms in total. The van der Waals surface area contributed by atoms with Gasteiger partial charge < -0.3 is 10.5 Å². The molecule has 0 fully saturated rings. The van der Waals surface area contributed by atoms with Crippen molar-refractivity contribution < 1.29 is 9.53 Å². The molecule has 2 N–H and O–H groups in total. The molecule has 1 heterocycles. The van der Waals surface area contributed by atoms with Gasteiger partial charge in [0.05, 0.1) is 17.8 Å². The number of rotatable bonds is 8. The first-order chi connectivity index (χ1) is 8.56. The second-order valence-electron chi connectivity index (χ2n) is 4.49. The van der Waals surface area contributed by atoms with Crippen LogP contribution in [-0.4, -0.2) is 34.1 Å². The highest BCUT2D eigenvalue weighted by molar-refractivity contribution is 5.76. The topological polar surface area (TPSA) is 83.0 Å². The Morgan fingerprint density at radius 2 is 2.22 bits per heavy atom. The zero-order valence-electron chi connectivity index (χ0n) is 11.3. The molecule has 1 amide bonds. The molecule has 1 rings (SSSR count). The third-order valence-electron chi connectivity index (χ3n) is 2.60. The SMILES string of the molecule is CCOCCCn1nnc(CC(N)=O)c1C(C)C. The summed E-state index contributed by atoms with van der Waals surface area (Å²) in [5.74, 6) is -0.111. The van der Waals surface area contributed by atoms with E-state index in [1.54, 1.807) is 0 Å². The van der Waals surface area contributed by atoms with E-state index < -0.39 is 0 Å². The molecule has 1 aromatic heterocycles. The number of primary amides is 1. The molecular weight excluding hydrogens is 232 g/mol. The van der Waals surface area contributed by atoms with Gasteiger partial charge in [-0.25, -0.2) is 4.68 Å². The van der Waals surface area contributed by atoms with Gasteiger partial charge in [0.25, 0.3) is 0 Å². The van der Waals surface area contributed by atoms with Crippen LogP contribution in [0.5, 0.6) is 0 Å². The normalized spacial score (nSPS) is 11.1. The highest BCUT2D eigenvalue weighted by Gasteiger charge is 2.17. The summed E-state index contributed by atoms with van der Waals surface area (Å²) in [6.07, 6.45) is 1.03. The Labute approximate surface area is 107 Å². The largest absolute Gasteiger partial charge is 0.382 e. The molecule has 0 aromatic carbocycles. The maximum absolute atomic E-state index is 11.0. The number of ether oxygens (including phenoxy) is 1. The van der Waals surface area contributed by atoms with Gasteiger partial charge in [-0.2, -0.15) is 0 Å². The van der Waals surface area contributed by atoms with Crippen molar-refractivity contribution in [3.63, 3.8) is 0 Å². The quantitative estimate of drug-likeness (QED) is 0.697. The van der Waals surface area contributed by atoms with Crippen LogP contribution in [0, 0.1) is 0 Å². The summed E-state index contributed by atoms with van der Waals surface area (Å²) < 4.78 is 7.14. The number of hydrogen-bond donors (Lipinski definition) is 1. The van der Waals surface area contributed by atoms with Gasteiger partial charge >= 0.3 is 0 Å². The Kier molecular flexibility index (Phi) is 5.77. The van der Waals surface area contributed by atoms with Crippen LogP contribution in [0.4, 0.5) is 0 Å². The lowest BCUT2D eigenvalue weighted by Crippen LogP contribution is -2.16. The minimum atomic E-state index is -0.377. The number of aromatic nitrogens is 3. The summed E-state index contributed by atoms with van der Waals surface area (Å²) in [4.78, 5) is 11.0. The van der Waals surface area contributed by atoms with E-state index in [4.69, 9.17) is 10.5 Å². The predicted octanol–water partition coefficient (Wildman–Crippen LogP) is 0.856. The number of carbonyl (C=O) groups is 1. The smallest absolute Gasteiger partial charge is 0.223 e. The average Bonchev–Trinajstić information content (AvgIpc) is 2.66. The lowest BCUT2D eigenvalue weighted by Gasteiger charge is -2.10. The summed E-state index contributed by atoms with van der Waals surface area (Å²) in [5, 5.41) is 8.14. The van der Waals surface area contributed by atoms with Gasteiger partial charge in [0.15, 0.2) is 0 Å². The molecule has 102 valence electrons. The maximum Gasteiger partial charge on any atom is 0.223 e. The van der Waals surface area contributed by atoms with Crippen LogP contribution < -0.4 is 5.73 Å². The first kappa shape index (κ1) is 14.6. The van der Waals surface area contributed by atoms with E-state index in [9.17, 15) is 4.79 Å². The fourth-order valence-corrected chi connectivity index (χ4v) is 1.90. The van der Waals surface area contributed by atoms with Crippen LogP contribution in [0.2, 0.25) is 0 Å². The van der Waals surface area contributed by atoms with Crippen LogP contribution in [0.3, 0.4) is 0 Å². The summed E-state index contributed by atoms with van der Waals surface area (Å²) >= 11 is 0. The number of amides is 1. The molecule has 6 heteroatoms. The van der Waals surface area contributed by atoms with Gasteiger partial charge in [-0.3, -0.25) is 4.79 Å². The van der Waals surface area contributed by atoms with E-state index in [0.717, 1.165) is 25.3 Å². The van der Waals surface area contributed by atoms with Gasteiger partial charge in [0.1, 0.15) is 0 Å². The second kappa shape index (κ2) is 7.10. The fraction of sp³-hybridized carbons (Fsp3) is 0.750. The summed E-state index contributed by atoms with van der Waals surface area (Å²) in [7, 11) is 0. The third kappa shape index (κ3) is 4.10. The molecule has 0 saturated carbocycles. The van der Waals surface area contributed by atoms with Crippen molar-refractivity contribution in [3.8, 4) is 0 Å². The van der Waals surface area contributed by atoms with Crippen molar-refractivity contribution >= 4 is 5.91 Å². The predicted molar refractivity (Wildman–Crippen MR) is 68.1 cm³/mol. The van der Waals surface area contributed by atoms with Crippen LogP contribution in [0.15, 0.2) is 0 Å². The zero-order chi connectivity index (χ0) is 13.5.